The van der Waals surface area contributed by atoms with E-state index in [1.165, 1.54) is 18.2 Å². The van der Waals surface area contributed by atoms with Gasteiger partial charge in [-0.05, 0) is 32.0 Å². The first kappa shape index (κ1) is 14.8. The van der Waals surface area contributed by atoms with Crippen LogP contribution < -0.4 is 14.8 Å². The van der Waals surface area contributed by atoms with Crippen LogP contribution in [0.4, 0.5) is 5.69 Å². The Labute approximate surface area is 117 Å². The molecule has 0 aliphatic carbocycles. The SMILES string of the molecule is CC(C)(CO)NS(=O)(=O)c1ccc2c(c1)NC(=O)CO2. The van der Waals surface area contributed by atoms with Gasteiger partial charge in [-0.15, -0.1) is 0 Å². The Hall–Kier alpha value is -1.64. The van der Waals surface area contributed by atoms with Crippen molar-refractivity contribution in [2.24, 2.45) is 0 Å². The Bertz CT molecular complexity index is 639. The molecule has 1 aliphatic heterocycles. The fourth-order valence-corrected chi connectivity index (χ4v) is 3.11. The van der Waals surface area contributed by atoms with Crippen LogP contribution in [-0.4, -0.2) is 38.2 Å². The molecule has 1 heterocycles. The van der Waals surface area contributed by atoms with Crippen LogP contribution in [-0.2, 0) is 14.8 Å². The average molecular weight is 300 g/mol. The summed E-state index contributed by atoms with van der Waals surface area (Å²) in [6.07, 6.45) is 0. The highest BCUT2D eigenvalue weighted by Gasteiger charge is 2.27. The van der Waals surface area contributed by atoms with Crippen LogP contribution in [0.15, 0.2) is 23.1 Å². The number of hydrogen-bond donors (Lipinski definition) is 3. The number of aliphatic hydroxyl groups is 1. The molecule has 0 spiro atoms. The maximum Gasteiger partial charge on any atom is 0.262 e. The monoisotopic (exact) mass is 300 g/mol. The van der Waals surface area contributed by atoms with Crippen LogP contribution in [0.1, 0.15) is 13.8 Å². The Balaban J connectivity index is 2.34. The highest BCUT2D eigenvalue weighted by molar-refractivity contribution is 7.89. The van der Waals surface area contributed by atoms with Crippen LogP contribution in [0.2, 0.25) is 0 Å². The number of anilines is 1. The minimum atomic E-state index is -3.80. The van der Waals surface area contributed by atoms with Crippen LogP contribution in [0, 0.1) is 0 Å². The predicted octanol–water partition coefficient (Wildman–Crippen LogP) is 0.0667. The maximum atomic E-state index is 12.2. The summed E-state index contributed by atoms with van der Waals surface area (Å²) in [5.41, 5.74) is -0.667. The molecule has 7 nitrogen and oxygen atoms in total. The molecule has 1 aromatic carbocycles. The van der Waals surface area contributed by atoms with Gasteiger partial charge in [0.2, 0.25) is 10.0 Å². The van der Waals surface area contributed by atoms with E-state index in [4.69, 9.17) is 9.84 Å². The fraction of sp³-hybridized carbons (Fsp3) is 0.417. The van der Waals surface area contributed by atoms with E-state index in [1.54, 1.807) is 13.8 Å². The topological polar surface area (TPSA) is 105 Å². The van der Waals surface area contributed by atoms with E-state index < -0.39 is 15.6 Å². The molecular formula is C12H16N2O5S. The Morgan fingerprint density at radius 2 is 2.15 bits per heavy atom. The van der Waals surface area contributed by atoms with Crippen molar-refractivity contribution in [3.8, 4) is 5.75 Å². The number of ether oxygens (including phenoxy) is 1. The number of benzene rings is 1. The highest BCUT2D eigenvalue weighted by Crippen LogP contribution is 2.30. The highest BCUT2D eigenvalue weighted by atomic mass is 32.2. The number of carbonyl (C=O) groups excluding carboxylic acids is 1. The molecule has 0 aromatic heterocycles. The number of nitrogens with one attached hydrogen (secondary N) is 2. The van der Waals surface area contributed by atoms with Crippen LogP contribution in [0.3, 0.4) is 0 Å². The fourth-order valence-electron chi connectivity index (χ4n) is 1.68. The van der Waals surface area contributed by atoms with Crippen LogP contribution in [0.5, 0.6) is 5.75 Å². The van der Waals surface area contributed by atoms with Gasteiger partial charge >= 0.3 is 0 Å². The Morgan fingerprint density at radius 1 is 1.45 bits per heavy atom. The van der Waals surface area contributed by atoms with Gasteiger partial charge < -0.3 is 15.2 Å². The third kappa shape index (κ3) is 3.09. The van der Waals surface area contributed by atoms with Gasteiger partial charge in [-0.25, -0.2) is 13.1 Å². The van der Waals surface area contributed by atoms with Gasteiger partial charge in [0, 0.05) is 0 Å². The summed E-state index contributed by atoms with van der Waals surface area (Å²) in [6, 6.07) is 4.18. The molecule has 0 bridgehead atoms. The molecule has 1 aromatic rings. The van der Waals surface area contributed by atoms with Crippen molar-refractivity contribution < 1.29 is 23.1 Å². The molecule has 0 unspecified atom stereocenters. The van der Waals surface area contributed by atoms with Gasteiger partial charge in [0.15, 0.2) is 6.61 Å². The van der Waals surface area contributed by atoms with Gasteiger partial charge in [-0.3, -0.25) is 4.79 Å². The molecular weight excluding hydrogens is 284 g/mol. The van der Waals surface area contributed by atoms with Crippen LogP contribution >= 0.6 is 0 Å². The molecule has 1 amide bonds. The Morgan fingerprint density at radius 3 is 2.80 bits per heavy atom. The second-order valence-electron chi connectivity index (χ2n) is 5.14. The lowest BCUT2D eigenvalue weighted by Gasteiger charge is -2.24. The first-order chi connectivity index (χ1) is 9.23. The van der Waals surface area contributed by atoms with Crippen molar-refractivity contribution in [2.45, 2.75) is 24.3 Å². The summed E-state index contributed by atoms with van der Waals surface area (Å²) in [7, 11) is -3.80. The van der Waals surface area contributed by atoms with Crippen molar-refractivity contribution in [1.82, 2.24) is 4.72 Å². The summed E-state index contributed by atoms with van der Waals surface area (Å²) in [6.45, 7) is 2.70. The minimum Gasteiger partial charge on any atom is -0.482 e. The quantitative estimate of drug-likeness (QED) is 0.729. The lowest BCUT2D eigenvalue weighted by Crippen LogP contribution is -2.46. The second kappa shape index (κ2) is 5.04. The first-order valence-corrected chi connectivity index (χ1v) is 7.43. The lowest BCUT2D eigenvalue weighted by molar-refractivity contribution is -0.118. The zero-order valence-electron chi connectivity index (χ0n) is 11.1. The number of aliphatic hydroxyl groups excluding tert-OH is 1. The van der Waals surface area contributed by atoms with Crippen molar-refractivity contribution in [3.05, 3.63) is 18.2 Å². The van der Waals surface area contributed by atoms with Gasteiger partial charge in [-0.2, -0.15) is 0 Å². The van der Waals surface area contributed by atoms with E-state index in [2.05, 4.69) is 10.0 Å². The van der Waals surface area contributed by atoms with Crippen molar-refractivity contribution in [1.29, 1.82) is 0 Å². The molecule has 0 saturated carbocycles. The average Bonchev–Trinajstić information content (AvgIpc) is 2.36. The molecule has 2 rings (SSSR count). The summed E-state index contributed by atoms with van der Waals surface area (Å²) in [5.74, 6) is 0.0839. The number of rotatable bonds is 4. The molecule has 0 atom stereocenters. The second-order valence-corrected chi connectivity index (χ2v) is 6.82. The van der Waals surface area contributed by atoms with E-state index in [0.29, 0.717) is 11.4 Å². The van der Waals surface area contributed by atoms with Gasteiger partial charge in [0.25, 0.3) is 5.91 Å². The van der Waals surface area contributed by atoms with Crippen LogP contribution in [0.25, 0.3) is 0 Å². The number of carbonyl (C=O) groups is 1. The number of amides is 1. The van der Waals surface area contributed by atoms with E-state index in [1.807, 2.05) is 0 Å². The molecule has 20 heavy (non-hydrogen) atoms. The van der Waals surface area contributed by atoms with E-state index in [-0.39, 0.29) is 24.0 Å². The number of fused-ring (bicyclic) bond motifs is 1. The normalized spacial score (nSPS) is 15.2. The largest absolute Gasteiger partial charge is 0.482 e. The first-order valence-electron chi connectivity index (χ1n) is 5.95. The summed E-state index contributed by atoms with van der Waals surface area (Å²) in [5, 5.41) is 11.7. The molecule has 3 N–H and O–H groups in total. The molecule has 0 radical (unpaired) electrons. The standard InChI is InChI=1S/C12H16N2O5S/c1-12(2,7-15)14-20(17,18)8-3-4-10-9(5-8)13-11(16)6-19-10/h3-5,14-15H,6-7H2,1-2H3,(H,13,16). The number of sulfonamides is 1. The third-order valence-corrected chi connectivity index (χ3v) is 4.40. The molecule has 0 saturated heterocycles. The summed E-state index contributed by atoms with van der Waals surface area (Å²) >= 11 is 0. The maximum absolute atomic E-state index is 12.2. The minimum absolute atomic E-state index is 0.0106. The lowest BCUT2D eigenvalue weighted by atomic mass is 10.1. The molecule has 110 valence electrons. The van der Waals surface area contributed by atoms with Crippen molar-refractivity contribution >= 4 is 21.6 Å². The van der Waals surface area contributed by atoms with E-state index in [0.717, 1.165) is 0 Å². The summed E-state index contributed by atoms with van der Waals surface area (Å²) in [4.78, 5) is 11.2. The smallest absolute Gasteiger partial charge is 0.262 e. The van der Waals surface area contributed by atoms with Crippen molar-refractivity contribution in [2.75, 3.05) is 18.5 Å². The molecule has 8 heteroatoms. The Kier molecular flexibility index (Phi) is 3.72. The zero-order chi connectivity index (χ0) is 15.0. The zero-order valence-corrected chi connectivity index (χ0v) is 12.0. The van der Waals surface area contributed by atoms with Gasteiger partial charge in [0.1, 0.15) is 5.75 Å². The van der Waals surface area contributed by atoms with E-state index in [9.17, 15) is 13.2 Å². The summed E-state index contributed by atoms with van der Waals surface area (Å²) < 4.78 is 31.9. The van der Waals surface area contributed by atoms with Gasteiger partial charge in [-0.1, -0.05) is 0 Å². The predicted molar refractivity (Wildman–Crippen MR) is 72.1 cm³/mol. The van der Waals surface area contributed by atoms with Gasteiger partial charge in [0.05, 0.1) is 22.7 Å². The third-order valence-electron chi connectivity index (χ3n) is 2.70. The molecule has 0 fully saturated rings. The van der Waals surface area contributed by atoms with Crippen molar-refractivity contribution in [3.63, 3.8) is 0 Å². The molecule has 1 aliphatic rings. The van der Waals surface area contributed by atoms with E-state index >= 15 is 0 Å². The number of hydrogen-bond acceptors (Lipinski definition) is 5.